The van der Waals surface area contributed by atoms with Crippen molar-refractivity contribution >= 4 is 11.9 Å². The van der Waals surface area contributed by atoms with E-state index >= 15 is 0 Å². The number of amides is 1. The maximum absolute atomic E-state index is 11.8. The van der Waals surface area contributed by atoms with Crippen LogP contribution in [0.25, 0.3) is 0 Å². The number of carbonyl (C=O) groups excluding carboxylic acids is 1. The molecule has 0 bridgehead atoms. The first-order valence-corrected chi connectivity index (χ1v) is 5.67. The first-order valence-electron chi connectivity index (χ1n) is 5.67. The molecule has 1 aromatic rings. The van der Waals surface area contributed by atoms with E-state index in [1.165, 1.54) is 4.68 Å². The first kappa shape index (κ1) is 12.5. The van der Waals surface area contributed by atoms with Crippen LogP contribution < -0.4 is 5.73 Å². The Labute approximate surface area is 103 Å². The van der Waals surface area contributed by atoms with E-state index < -0.39 is 5.97 Å². The number of carboxylic acids is 1. The molecule has 0 aromatic carbocycles. The number of carboxylic acid groups (broad SMARTS) is 1. The number of aliphatic carboxylic acids is 1. The van der Waals surface area contributed by atoms with Gasteiger partial charge in [0.05, 0.1) is 18.3 Å². The van der Waals surface area contributed by atoms with Gasteiger partial charge in [-0.25, -0.2) is 4.68 Å². The van der Waals surface area contributed by atoms with E-state index in [4.69, 9.17) is 10.8 Å². The molecule has 1 aliphatic rings. The fraction of sp³-hybridized carbons (Fsp3) is 0.600. The van der Waals surface area contributed by atoms with E-state index in [1.807, 2.05) is 0 Å². The molecule has 0 saturated carbocycles. The van der Waals surface area contributed by atoms with E-state index in [0.29, 0.717) is 25.3 Å². The molecule has 0 radical (unpaired) electrons. The molecule has 2 rings (SSSR count). The Bertz CT molecular complexity index is 452. The zero-order valence-corrected chi connectivity index (χ0v) is 9.82. The van der Waals surface area contributed by atoms with Crippen LogP contribution in [-0.4, -0.2) is 50.0 Å². The standard InChI is InChI=1S/C10H15N5O3/c11-2-8-5-15(13-12-8)6-9(16)14-3-7(4-14)1-10(17)18/h5,7H,1-4,6,11H2,(H,17,18). The third-order valence-corrected chi connectivity index (χ3v) is 2.87. The normalized spacial score (nSPS) is 15.5. The summed E-state index contributed by atoms with van der Waals surface area (Å²) < 4.78 is 1.44. The Morgan fingerprint density at radius 2 is 2.22 bits per heavy atom. The fourth-order valence-electron chi connectivity index (χ4n) is 1.90. The molecule has 18 heavy (non-hydrogen) atoms. The minimum Gasteiger partial charge on any atom is -0.481 e. The molecule has 8 heteroatoms. The maximum atomic E-state index is 11.8. The lowest BCUT2D eigenvalue weighted by molar-refractivity contribution is -0.145. The van der Waals surface area contributed by atoms with Crippen LogP contribution >= 0.6 is 0 Å². The van der Waals surface area contributed by atoms with Gasteiger partial charge in [0.2, 0.25) is 5.91 Å². The Morgan fingerprint density at radius 1 is 1.50 bits per heavy atom. The Kier molecular flexibility index (Phi) is 3.56. The number of carbonyl (C=O) groups is 2. The van der Waals surface area contributed by atoms with Crippen LogP contribution in [0.15, 0.2) is 6.20 Å². The lowest BCUT2D eigenvalue weighted by atomic mass is 9.96. The van der Waals surface area contributed by atoms with E-state index in [-0.39, 0.29) is 24.8 Å². The van der Waals surface area contributed by atoms with Crippen LogP contribution in [0.2, 0.25) is 0 Å². The minimum atomic E-state index is -0.823. The third-order valence-electron chi connectivity index (χ3n) is 2.87. The largest absolute Gasteiger partial charge is 0.481 e. The van der Waals surface area contributed by atoms with Crippen molar-refractivity contribution in [3.63, 3.8) is 0 Å². The highest BCUT2D eigenvalue weighted by Crippen LogP contribution is 2.19. The van der Waals surface area contributed by atoms with E-state index in [9.17, 15) is 9.59 Å². The molecule has 0 spiro atoms. The van der Waals surface area contributed by atoms with Crippen LogP contribution in [0.3, 0.4) is 0 Å². The van der Waals surface area contributed by atoms with Crippen molar-refractivity contribution in [1.82, 2.24) is 19.9 Å². The number of hydrogen-bond acceptors (Lipinski definition) is 5. The van der Waals surface area contributed by atoms with Crippen molar-refractivity contribution < 1.29 is 14.7 Å². The molecule has 1 aromatic heterocycles. The van der Waals surface area contributed by atoms with E-state index in [2.05, 4.69) is 10.3 Å². The summed E-state index contributed by atoms with van der Waals surface area (Å²) in [7, 11) is 0. The highest BCUT2D eigenvalue weighted by atomic mass is 16.4. The van der Waals surface area contributed by atoms with Gasteiger partial charge in [-0.2, -0.15) is 0 Å². The summed E-state index contributed by atoms with van der Waals surface area (Å²) in [6.07, 6.45) is 1.75. The van der Waals surface area contributed by atoms with Gasteiger partial charge in [-0.3, -0.25) is 9.59 Å². The Morgan fingerprint density at radius 3 is 2.78 bits per heavy atom. The Balaban J connectivity index is 1.78. The van der Waals surface area contributed by atoms with Crippen LogP contribution in [-0.2, 0) is 22.7 Å². The fourth-order valence-corrected chi connectivity index (χ4v) is 1.90. The number of aromatic nitrogens is 3. The summed E-state index contributed by atoms with van der Waals surface area (Å²) in [5.74, 6) is -0.831. The highest BCUT2D eigenvalue weighted by Gasteiger charge is 2.31. The predicted molar refractivity (Wildman–Crippen MR) is 60.2 cm³/mol. The van der Waals surface area contributed by atoms with Crippen LogP contribution in [0.1, 0.15) is 12.1 Å². The first-order chi connectivity index (χ1) is 8.58. The number of rotatable bonds is 5. The molecule has 2 heterocycles. The van der Waals surface area contributed by atoms with Gasteiger partial charge in [0, 0.05) is 25.6 Å². The van der Waals surface area contributed by atoms with Crippen molar-refractivity contribution in [2.45, 2.75) is 19.5 Å². The number of likely N-dealkylation sites (tertiary alicyclic amines) is 1. The molecule has 0 atom stereocenters. The van der Waals surface area contributed by atoms with Gasteiger partial charge in [0.25, 0.3) is 0 Å². The summed E-state index contributed by atoms with van der Waals surface area (Å²) in [6.45, 7) is 1.42. The SMILES string of the molecule is NCc1cn(CC(=O)N2CC(CC(=O)O)C2)nn1. The van der Waals surface area contributed by atoms with Gasteiger partial charge in [0.15, 0.2) is 0 Å². The second-order valence-corrected chi connectivity index (χ2v) is 4.37. The predicted octanol–water partition coefficient (Wildman–Crippen LogP) is -1.33. The molecule has 0 aliphatic carbocycles. The topological polar surface area (TPSA) is 114 Å². The van der Waals surface area contributed by atoms with Crippen molar-refractivity contribution in [1.29, 1.82) is 0 Å². The van der Waals surface area contributed by atoms with Crippen molar-refractivity contribution in [3.05, 3.63) is 11.9 Å². The van der Waals surface area contributed by atoms with E-state index in [1.54, 1.807) is 11.1 Å². The minimum absolute atomic E-state index is 0.0711. The monoisotopic (exact) mass is 253 g/mol. The summed E-state index contributed by atoms with van der Waals surface area (Å²) in [5, 5.41) is 16.2. The van der Waals surface area contributed by atoms with Crippen molar-refractivity contribution in [3.8, 4) is 0 Å². The number of nitrogens with two attached hydrogens (primary N) is 1. The van der Waals surface area contributed by atoms with Gasteiger partial charge >= 0.3 is 5.97 Å². The summed E-state index contributed by atoms with van der Waals surface area (Å²) in [5.41, 5.74) is 6.02. The maximum Gasteiger partial charge on any atom is 0.303 e. The second-order valence-electron chi connectivity index (χ2n) is 4.37. The molecule has 1 aliphatic heterocycles. The average molecular weight is 253 g/mol. The Hall–Kier alpha value is -1.96. The molecule has 98 valence electrons. The quantitative estimate of drug-likeness (QED) is 0.672. The summed E-state index contributed by atoms with van der Waals surface area (Å²) in [4.78, 5) is 23.9. The molecular formula is C10H15N5O3. The lowest BCUT2D eigenvalue weighted by Gasteiger charge is -2.38. The molecule has 3 N–H and O–H groups in total. The highest BCUT2D eigenvalue weighted by molar-refractivity contribution is 5.77. The van der Waals surface area contributed by atoms with Gasteiger partial charge in [0.1, 0.15) is 6.54 Å². The van der Waals surface area contributed by atoms with Crippen LogP contribution in [0.4, 0.5) is 0 Å². The van der Waals surface area contributed by atoms with Crippen LogP contribution in [0.5, 0.6) is 0 Å². The van der Waals surface area contributed by atoms with Gasteiger partial charge in [-0.15, -0.1) is 5.10 Å². The second kappa shape index (κ2) is 5.13. The molecule has 1 fully saturated rings. The molecular weight excluding hydrogens is 238 g/mol. The number of nitrogens with zero attached hydrogens (tertiary/aromatic N) is 4. The van der Waals surface area contributed by atoms with Crippen molar-refractivity contribution in [2.75, 3.05) is 13.1 Å². The molecule has 8 nitrogen and oxygen atoms in total. The van der Waals surface area contributed by atoms with Crippen molar-refractivity contribution in [2.24, 2.45) is 11.7 Å². The zero-order chi connectivity index (χ0) is 13.1. The van der Waals surface area contributed by atoms with Gasteiger partial charge in [-0.05, 0) is 0 Å². The lowest BCUT2D eigenvalue weighted by Crippen LogP contribution is -2.51. The summed E-state index contributed by atoms with van der Waals surface area (Å²) >= 11 is 0. The van der Waals surface area contributed by atoms with Crippen LogP contribution in [0, 0.1) is 5.92 Å². The summed E-state index contributed by atoms with van der Waals surface area (Å²) in [6, 6.07) is 0. The van der Waals surface area contributed by atoms with Gasteiger partial charge in [-0.1, -0.05) is 5.21 Å². The third kappa shape index (κ3) is 2.83. The average Bonchev–Trinajstić information content (AvgIpc) is 2.70. The molecule has 1 saturated heterocycles. The molecule has 1 amide bonds. The van der Waals surface area contributed by atoms with Gasteiger partial charge < -0.3 is 15.7 Å². The number of hydrogen-bond donors (Lipinski definition) is 2. The zero-order valence-electron chi connectivity index (χ0n) is 9.82. The van der Waals surface area contributed by atoms with E-state index in [0.717, 1.165) is 0 Å². The smallest absolute Gasteiger partial charge is 0.303 e. The molecule has 0 unspecified atom stereocenters.